The molecule has 0 radical (unpaired) electrons. The third kappa shape index (κ3) is 6.41. The summed E-state index contributed by atoms with van der Waals surface area (Å²) in [5, 5.41) is 4.67. The van der Waals surface area contributed by atoms with Crippen LogP contribution in [0.2, 0.25) is 0 Å². The fourth-order valence-electron chi connectivity index (χ4n) is 11.1. The van der Waals surface area contributed by atoms with Crippen molar-refractivity contribution in [1.82, 2.24) is 4.57 Å². The van der Waals surface area contributed by atoms with Crippen LogP contribution in [0, 0.1) is 0 Å². The first-order chi connectivity index (χ1) is 34.7. The molecule has 0 N–H and O–H groups in total. The molecular weight excluding hydrogens is 852 g/mol. The molecule has 0 amide bonds. The Labute approximate surface area is 407 Å². The van der Waals surface area contributed by atoms with Crippen LogP contribution in [0.4, 0.5) is 51.2 Å². The molecule has 5 nitrogen and oxygen atoms in total. The fourth-order valence-corrected chi connectivity index (χ4v) is 11.1. The maximum absolute atomic E-state index is 7.14. The van der Waals surface area contributed by atoms with Crippen LogP contribution < -0.4 is 35.8 Å². The monoisotopic (exact) mass is 894 g/mol. The van der Waals surface area contributed by atoms with E-state index in [0.717, 1.165) is 95.6 Å². The molecule has 70 heavy (non-hydrogen) atoms. The smallest absolute Gasteiger partial charge is 0.256 e. The lowest BCUT2D eigenvalue weighted by atomic mass is 9.34. The molecular formula is C64H43BN4O. The first kappa shape index (κ1) is 39.9. The maximum Gasteiger partial charge on any atom is 0.256 e. The van der Waals surface area contributed by atoms with E-state index in [-0.39, 0.29) is 6.71 Å². The predicted molar refractivity (Wildman–Crippen MR) is 294 cm³/mol. The lowest BCUT2D eigenvalue weighted by molar-refractivity contribution is 0.488. The van der Waals surface area contributed by atoms with Crippen LogP contribution in [-0.2, 0) is 0 Å². The molecule has 2 aliphatic heterocycles. The van der Waals surface area contributed by atoms with Crippen molar-refractivity contribution < 1.29 is 4.74 Å². The second kappa shape index (κ2) is 16.2. The van der Waals surface area contributed by atoms with E-state index in [1.165, 1.54) is 21.7 Å². The minimum absolute atomic E-state index is 0.101. The minimum atomic E-state index is -0.101. The molecule has 12 aromatic rings. The van der Waals surface area contributed by atoms with E-state index in [9.17, 15) is 0 Å². The number of aromatic nitrogens is 1. The summed E-state index contributed by atoms with van der Waals surface area (Å²) in [6, 6.07) is 94.0. The predicted octanol–water partition coefficient (Wildman–Crippen LogP) is 15.3. The molecule has 0 fully saturated rings. The molecule has 14 rings (SSSR count). The molecule has 0 saturated carbocycles. The van der Waals surface area contributed by atoms with Gasteiger partial charge in [0.15, 0.2) is 0 Å². The van der Waals surface area contributed by atoms with Gasteiger partial charge in [-0.05, 0) is 161 Å². The fraction of sp³-hybridized carbons (Fsp3) is 0. The van der Waals surface area contributed by atoms with Gasteiger partial charge in [0, 0.05) is 67.6 Å². The number of benzene rings is 11. The van der Waals surface area contributed by atoms with Crippen molar-refractivity contribution in [1.29, 1.82) is 0 Å². The van der Waals surface area contributed by atoms with Gasteiger partial charge in [-0.3, -0.25) is 0 Å². The van der Waals surface area contributed by atoms with Crippen molar-refractivity contribution in [2.75, 3.05) is 14.7 Å². The standard InChI is InChI=1S/C64H43BN4O/c1-7-20-46(21-8-1)66(47-22-9-2-10-23-47)52-35-34-44-39-54-55-42-63-57(43-60(55)69(51-30-17-6-18-31-51)59(54)40-45(44)38-52)65-56-37-36-53(67(48-24-11-3-12-25-48)49-26-13-4-14-27-49)41-61(56)68(50-28-15-5-16-29-50)58-32-19-33-62(70-63)64(58)65/h1-43H. The Balaban J connectivity index is 0.992. The molecule has 2 aliphatic rings. The zero-order valence-corrected chi connectivity index (χ0v) is 38.1. The van der Waals surface area contributed by atoms with Crippen molar-refractivity contribution >= 4 is 107 Å². The maximum atomic E-state index is 7.14. The zero-order chi connectivity index (χ0) is 46.1. The number of hydrogen-bond acceptors (Lipinski definition) is 4. The number of para-hydroxylation sites is 6. The van der Waals surface area contributed by atoms with E-state index < -0.39 is 0 Å². The average Bonchev–Trinajstić information content (AvgIpc) is 3.73. The topological polar surface area (TPSA) is 23.9 Å². The molecule has 6 heteroatoms. The van der Waals surface area contributed by atoms with Crippen LogP contribution in [0.15, 0.2) is 261 Å². The van der Waals surface area contributed by atoms with Crippen molar-refractivity contribution in [3.8, 4) is 17.2 Å². The molecule has 0 spiro atoms. The summed E-state index contributed by atoms with van der Waals surface area (Å²) in [4.78, 5) is 7.11. The summed E-state index contributed by atoms with van der Waals surface area (Å²) in [5.41, 5.74) is 16.9. The summed E-state index contributed by atoms with van der Waals surface area (Å²) < 4.78 is 9.59. The van der Waals surface area contributed by atoms with Gasteiger partial charge in [0.25, 0.3) is 6.71 Å². The van der Waals surface area contributed by atoms with Gasteiger partial charge in [-0.25, -0.2) is 0 Å². The molecule has 11 aromatic carbocycles. The van der Waals surface area contributed by atoms with Gasteiger partial charge in [-0.15, -0.1) is 0 Å². The normalized spacial score (nSPS) is 12.3. The van der Waals surface area contributed by atoms with Crippen LogP contribution >= 0.6 is 0 Å². The Kier molecular flexibility index (Phi) is 9.24. The Bertz CT molecular complexity index is 3840. The van der Waals surface area contributed by atoms with Gasteiger partial charge in [0.05, 0.1) is 11.0 Å². The summed E-state index contributed by atoms with van der Waals surface area (Å²) in [7, 11) is 0. The van der Waals surface area contributed by atoms with Crippen LogP contribution in [-0.4, -0.2) is 11.3 Å². The third-order valence-electron chi connectivity index (χ3n) is 14.1. The number of ether oxygens (including phenoxy) is 1. The van der Waals surface area contributed by atoms with Gasteiger partial charge in [-0.2, -0.15) is 0 Å². The highest BCUT2D eigenvalue weighted by atomic mass is 16.5. The van der Waals surface area contributed by atoms with Crippen LogP contribution in [0.25, 0.3) is 38.3 Å². The van der Waals surface area contributed by atoms with E-state index in [4.69, 9.17) is 4.74 Å². The van der Waals surface area contributed by atoms with Crippen molar-refractivity contribution in [2.45, 2.75) is 0 Å². The Morgan fingerprint density at radius 3 is 1.44 bits per heavy atom. The summed E-state index contributed by atoms with van der Waals surface area (Å²) >= 11 is 0. The highest BCUT2D eigenvalue weighted by molar-refractivity contribution is 6.99. The number of fused-ring (bicyclic) bond motifs is 8. The lowest BCUT2D eigenvalue weighted by Gasteiger charge is -2.40. The van der Waals surface area contributed by atoms with Crippen molar-refractivity contribution in [3.05, 3.63) is 261 Å². The number of rotatable bonds is 8. The molecule has 0 bridgehead atoms. The summed E-state index contributed by atoms with van der Waals surface area (Å²) in [6.45, 7) is -0.101. The summed E-state index contributed by atoms with van der Waals surface area (Å²) in [6.07, 6.45) is 0. The van der Waals surface area contributed by atoms with Crippen molar-refractivity contribution in [2.24, 2.45) is 0 Å². The van der Waals surface area contributed by atoms with Crippen LogP contribution in [0.5, 0.6) is 11.5 Å². The molecule has 0 unspecified atom stereocenters. The highest BCUT2D eigenvalue weighted by Crippen LogP contribution is 2.46. The van der Waals surface area contributed by atoms with Crippen LogP contribution in [0.1, 0.15) is 0 Å². The Hall–Kier alpha value is -9.26. The highest BCUT2D eigenvalue weighted by Gasteiger charge is 2.42. The van der Waals surface area contributed by atoms with E-state index in [1.807, 2.05) is 0 Å². The zero-order valence-electron chi connectivity index (χ0n) is 38.1. The van der Waals surface area contributed by atoms with Crippen LogP contribution in [0.3, 0.4) is 0 Å². The number of nitrogens with zero attached hydrogens (tertiary/aromatic N) is 4. The minimum Gasteiger partial charge on any atom is -0.458 e. The van der Waals surface area contributed by atoms with E-state index in [2.05, 4.69) is 280 Å². The molecule has 0 atom stereocenters. The van der Waals surface area contributed by atoms with Gasteiger partial charge in [0.2, 0.25) is 0 Å². The SMILES string of the molecule is c1ccc(N(c2ccccc2)c2ccc3c(c2)N(c2ccccc2)c2cccc4c2B3c2cc3c(cc2O4)c2cc4ccc(N(c5ccccc5)c5ccccc5)cc4cc2n3-c2ccccc2)cc1. The second-order valence-corrected chi connectivity index (χ2v) is 18.1. The largest absolute Gasteiger partial charge is 0.458 e. The van der Waals surface area contributed by atoms with Gasteiger partial charge >= 0.3 is 0 Å². The third-order valence-corrected chi connectivity index (χ3v) is 14.1. The Morgan fingerprint density at radius 2 is 0.843 bits per heavy atom. The second-order valence-electron chi connectivity index (χ2n) is 18.1. The van der Waals surface area contributed by atoms with Gasteiger partial charge in [0.1, 0.15) is 11.5 Å². The van der Waals surface area contributed by atoms with Gasteiger partial charge in [-0.1, -0.05) is 127 Å². The first-order valence-corrected chi connectivity index (χ1v) is 24.0. The quantitative estimate of drug-likeness (QED) is 0.142. The van der Waals surface area contributed by atoms with Gasteiger partial charge < -0.3 is 24.0 Å². The number of hydrogen-bond donors (Lipinski definition) is 0. The Morgan fingerprint density at radius 1 is 0.329 bits per heavy atom. The van der Waals surface area contributed by atoms with Crippen molar-refractivity contribution in [3.63, 3.8) is 0 Å². The first-order valence-electron chi connectivity index (χ1n) is 24.0. The molecule has 328 valence electrons. The molecule has 1 aromatic heterocycles. The average molecular weight is 895 g/mol. The van der Waals surface area contributed by atoms with E-state index in [1.54, 1.807) is 0 Å². The number of anilines is 9. The lowest BCUT2D eigenvalue weighted by Crippen LogP contribution is -2.59. The van der Waals surface area contributed by atoms with E-state index in [0.29, 0.717) is 0 Å². The summed E-state index contributed by atoms with van der Waals surface area (Å²) in [5.74, 6) is 1.76. The molecule has 3 heterocycles. The molecule has 0 saturated heterocycles. The molecule has 0 aliphatic carbocycles. The van der Waals surface area contributed by atoms with E-state index >= 15 is 0 Å².